The van der Waals surface area contributed by atoms with Crippen LogP contribution >= 0.6 is 0 Å². The fourth-order valence-electron chi connectivity index (χ4n) is 1.77. The summed E-state index contributed by atoms with van der Waals surface area (Å²) < 4.78 is 57.1. The molecule has 0 fully saturated rings. The van der Waals surface area contributed by atoms with Gasteiger partial charge >= 0.3 is 0 Å². The SMILES string of the molecule is COc1ccc(S(=O)(=O)N(C)c2ccc(F)cc2F)cc1. The molecule has 21 heavy (non-hydrogen) atoms. The molecule has 2 aromatic carbocycles. The molecule has 7 heteroatoms. The van der Waals surface area contributed by atoms with E-state index in [9.17, 15) is 17.2 Å². The number of hydrogen-bond acceptors (Lipinski definition) is 3. The van der Waals surface area contributed by atoms with Crippen LogP contribution < -0.4 is 9.04 Å². The van der Waals surface area contributed by atoms with E-state index in [4.69, 9.17) is 4.74 Å². The van der Waals surface area contributed by atoms with Gasteiger partial charge in [-0.1, -0.05) is 0 Å². The van der Waals surface area contributed by atoms with Crippen molar-refractivity contribution in [3.8, 4) is 5.75 Å². The molecule has 0 radical (unpaired) electrons. The second-order valence-electron chi connectivity index (χ2n) is 4.24. The van der Waals surface area contributed by atoms with Crippen molar-refractivity contribution in [2.75, 3.05) is 18.5 Å². The van der Waals surface area contributed by atoms with E-state index in [1.807, 2.05) is 0 Å². The predicted octanol–water partition coefficient (Wildman–Crippen LogP) is 2.80. The van der Waals surface area contributed by atoms with Crippen LogP contribution in [0.15, 0.2) is 47.4 Å². The standard InChI is InChI=1S/C14H13F2NO3S/c1-17(14-8-3-10(15)9-13(14)16)21(18,19)12-6-4-11(20-2)5-7-12/h3-9H,1-2H3. The van der Waals surface area contributed by atoms with E-state index in [1.165, 1.54) is 38.4 Å². The van der Waals surface area contributed by atoms with Crippen LogP contribution in [0.4, 0.5) is 14.5 Å². The van der Waals surface area contributed by atoms with Crippen molar-refractivity contribution in [3.63, 3.8) is 0 Å². The zero-order chi connectivity index (χ0) is 15.6. The van der Waals surface area contributed by atoms with E-state index in [1.54, 1.807) is 0 Å². The number of rotatable bonds is 4. The van der Waals surface area contributed by atoms with Gasteiger partial charge in [0.05, 0.1) is 17.7 Å². The molecule has 0 unspecified atom stereocenters. The molecule has 0 N–H and O–H groups in total. The van der Waals surface area contributed by atoms with Gasteiger partial charge in [-0.25, -0.2) is 17.2 Å². The summed E-state index contributed by atoms with van der Waals surface area (Å²) in [5, 5.41) is 0. The van der Waals surface area contributed by atoms with Gasteiger partial charge in [-0.05, 0) is 36.4 Å². The van der Waals surface area contributed by atoms with Gasteiger partial charge in [0.15, 0.2) is 0 Å². The Morgan fingerprint density at radius 3 is 2.19 bits per heavy atom. The van der Waals surface area contributed by atoms with Crippen molar-refractivity contribution in [1.29, 1.82) is 0 Å². The summed E-state index contributed by atoms with van der Waals surface area (Å²) in [5.41, 5.74) is -0.229. The quantitative estimate of drug-likeness (QED) is 0.872. The number of nitrogens with zero attached hydrogens (tertiary/aromatic N) is 1. The molecule has 2 rings (SSSR count). The Morgan fingerprint density at radius 2 is 1.67 bits per heavy atom. The topological polar surface area (TPSA) is 46.6 Å². The molecular formula is C14H13F2NO3S. The molecule has 0 heterocycles. The van der Waals surface area contributed by atoms with Gasteiger partial charge in [-0.15, -0.1) is 0 Å². The molecule has 0 saturated heterocycles. The number of benzene rings is 2. The molecule has 0 amide bonds. The molecule has 0 bridgehead atoms. The Kier molecular flexibility index (Phi) is 4.13. The predicted molar refractivity (Wildman–Crippen MR) is 74.9 cm³/mol. The van der Waals surface area contributed by atoms with Gasteiger partial charge in [0.2, 0.25) is 0 Å². The summed E-state index contributed by atoms with van der Waals surface area (Å²) in [6, 6.07) is 8.39. The van der Waals surface area contributed by atoms with E-state index in [2.05, 4.69) is 0 Å². The summed E-state index contributed by atoms with van der Waals surface area (Å²) >= 11 is 0. The Balaban J connectivity index is 2.42. The molecule has 0 atom stereocenters. The Labute approximate surface area is 121 Å². The van der Waals surface area contributed by atoms with Gasteiger partial charge in [-0.2, -0.15) is 0 Å². The first-order valence-corrected chi connectivity index (χ1v) is 7.38. The highest BCUT2D eigenvalue weighted by Crippen LogP contribution is 2.26. The van der Waals surface area contributed by atoms with Crippen molar-refractivity contribution in [2.45, 2.75) is 4.90 Å². The zero-order valence-corrected chi connectivity index (χ0v) is 12.2. The van der Waals surface area contributed by atoms with Gasteiger partial charge in [-0.3, -0.25) is 4.31 Å². The molecule has 4 nitrogen and oxygen atoms in total. The maximum atomic E-state index is 13.7. The molecule has 0 aliphatic rings. The molecular weight excluding hydrogens is 300 g/mol. The molecule has 0 aliphatic heterocycles. The maximum absolute atomic E-state index is 13.7. The number of methoxy groups -OCH3 is 1. The highest BCUT2D eigenvalue weighted by molar-refractivity contribution is 7.92. The van der Waals surface area contributed by atoms with Crippen LogP contribution in [0.25, 0.3) is 0 Å². The van der Waals surface area contributed by atoms with Gasteiger partial charge in [0.25, 0.3) is 10.0 Å². The van der Waals surface area contributed by atoms with E-state index in [-0.39, 0.29) is 10.6 Å². The molecule has 2 aromatic rings. The molecule has 0 spiro atoms. The van der Waals surface area contributed by atoms with Gasteiger partial charge in [0, 0.05) is 13.1 Å². The second-order valence-corrected chi connectivity index (χ2v) is 6.21. The smallest absolute Gasteiger partial charge is 0.264 e. The highest BCUT2D eigenvalue weighted by Gasteiger charge is 2.23. The van der Waals surface area contributed by atoms with Crippen LogP contribution in [0.1, 0.15) is 0 Å². The summed E-state index contributed by atoms with van der Waals surface area (Å²) in [6.45, 7) is 0. The van der Waals surface area contributed by atoms with Crippen molar-refractivity contribution in [2.24, 2.45) is 0 Å². The largest absolute Gasteiger partial charge is 0.497 e. The second kappa shape index (κ2) is 5.69. The lowest BCUT2D eigenvalue weighted by Crippen LogP contribution is -2.27. The Hall–Kier alpha value is -2.15. The summed E-state index contributed by atoms with van der Waals surface area (Å²) in [4.78, 5) is -0.0190. The minimum atomic E-state index is -3.94. The van der Waals surface area contributed by atoms with E-state index in [0.29, 0.717) is 11.8 Å². The highest BCUT2D eigenvalue weighted by atomic mass is 32.2. The molecule has 112 valence electrons. The third-order valence-electron chi connectivity index (χ3n) is 2.97. The van der Waals surface area contributed by atoms with Crippen LogP contribution in [0, 0.1) is 11.6 Å². The molecule has 0 aliphatic carbocycles. The zero-order valence-electron chi connectivity index (χ0n) is 11.4. The average molecular weight is 313 g/mol. The third kappa shape index (κ3) is 2.97. The molecule has 0 aromatic heterocycles. The fraction of sp³-hybridized carbons (Fsp3) is 0.143. The summed E-state index contributed by atoms with van der Waals surface area (Å²) in [5.74, 6) is -1.22. The first kappa shape index (κ1) is 15.2. The number of anilines is 1. The number of halogens is 2. The van der Waals surface area contributed by atoms with Crippen molar-refractivity contribution in [3.05, 3.63) is 54.1 Å². The molecule has 0 saturated carbocycles. The van der Waals surface area contributed by atoms with Crippen LogP contribution in [-0.2, 0) is 10.0 Å². The van der Waals surface area contributed by atoms with Crippen LogP contribution in [0.2, 0.25) is 0 Å². The average Bonchev–Trinajstić information content (AvgIpc) is 2.46. The van der Waals surface area contributed by atoms with Gasteiger partial charge in [0.1, 0.15) is 17.4 Å². The number of sulfonamides is 1. The summed E-state index contributed by atoms with van der Waals surface area (Å²) in [6.07, 6.45) is 0. The lowest BCUT2D eigenvalue weighted by molar-refractivity contribution is 0.414. The van der Waals surface area contributed by atoms with Crippen LogP contribution in [0.3, 0.4) is 0 Å². The number of ether oxygens (including phenoxy) is 1. The Morgan fingerprint density at radius 1 is 1.05 bits per heavy atom. The first-order chi connectivity index (χ1) is 9.86. The minimum absolute atomic E-state index is 0.0190. The monoisotopic (exact) mass is 313 g/mol. The lowest BCUT2D eigenvalue weighted by Gasteiger charge is -2.20. The minimum Gasteiger partial charge on any atom is -0.497 e. The first-order valence-electron chi connectivity index (χ1n) is 5.94. The fourth-order valence-corrected chi connectivity index (χ4v) is 2.98. The van der Waals surface area contributed by atoms with Crippen molar-refractivity contribution in [1.82, 2.24) is 0 Å². The maximum Gasteiger partial charge on any atom is 0.264 e. The summed E-state index contributed by atoms with van der Waals surface area (Å²) in [7, 11) is -1.27. The normalized spacial score (nSPS) is 11.2. The van der Waals surface area contributed by atoms with Gasteiger partial charge < -0.3 is 4.74 Å². The van der Waals surface area contributed by atoms with Crippen molar-refractivity contribution >= 4 is 15.7 Å². The van der Waals surface area contributed by atoms with E-state index >= 15 is 0 Å². The third-order valence-corrected chi connectivity index (χ3v) is 4.75. The number of hydrogen-bond donors (Lipinski definition) is 0. The Bertz CT molecular complexity index is 745. The van der Waals surface area contributed by atoms with E-state index < -0.39 is 21.7 Å². The van der Waals surface area contributed by atoms with Crippen molar-refractivity contribution < 1.29 is 21.9 Å². The van der Waals surface area contributed by atoms with Crippen LogP contribution in [0.5, 0.6) is 5.75 Å². The van der Waals surface area contributed by atoms with Crippen LogP contribution in [-0.4, -0.2) is 22.6 Å². The van der Waals surface area contributed by atoms with E-state index in [0.717, 1.165) is 16.4 Å². The lowest BCUT2D eigenvalue weighted by atomic mass is 10.3.